The van der Waals surface area contributed by atoms with E-state index in [2.05, 4.69) is 19.2 Å². The number of unbranched alkanes of at least 4 members (excludes halogenated alkanes) is 2. The molecule has 100 valence electrons. The Morgan fingerprint density at radius 1 is 1.35 bits per heavy atom. The van der Waals surface area contributed by atoms with E-state index in [-0.39, 0.29) is 5.97 Å². The Bertz CT molecular complexity index is 236. The van der Waals surface area contributed by atoms with Crippen molar-refractivity contribution in [3.63, 3.8) is 0 Å². The zero-order chi connectivity index (χ0) is 13.1. The van der Waals surface area contributed by atoms with Gasteiger partial charge in [-0.1, -0.05) is 39.2 Å². The number of hydrogen-bond donors (Lipinski definition) is 1. The molecule has 0 saturated heterocycles. The van der Waals surface area contributed by atoms with Crippen molar-refractivity contribution in [2.75, 3.05) is 13.7 Å². The maximum atomic E-state index is 11.3. The molecule has 3 heteroatoms. The summed E-state index contributed by atoms with van der Waals surface area (Å²) in [6.07, 6.45) is 7.67. The standard InChI is InChI=1S/C14H27NO2/c1-5-7-8-9-12(3)15-11-10-13(6-2)14(16)17-4/h10,12,15H,5-9,11H2,1-4H3/b13-10-. The molecule has 0 radical (unpaired) electrons. The Kier molecular flexibility index (Phi) is 9.83. The second kappa shape index (κ2) is 10.3. The summed E-state index contributed by atoms with van der Waals surface area (Å²) < 4.78 is 4.71. The quantitative estimate of drug-likeness (QED) is 0.383. The highest BCUT2D eigenvalue weighted by atomic mass is 16.5. The van der Waals surface area contributed by atoms with Crippen LogP contribution in [0.5, 0.6) is 0 Å². The Morgan fingerprint density at radius 3 is 2.59 bits per heavy atom. The molecule has 0 aliphatic heterocycles. The topological polar surface area (TPSA) is 38.3 Å². The highest BCUT2D eigenvalue weighted by molar-refractivity contribution is 5.88. The van der Waals surface area contributed by atoms with Crippen LogP contribution in [0.1, 0.15) is 52.9 Å². The number of carbonyl (C=O) groups excluding carboxylic acids is 1. The smallest absolute Gasteiger partial charge is 0.333 e. The Hall–Kier alpha value is -0.830. The van der Waals surface area contributed by atoms with Gasteiger partial charge in [0.05, 0.1) is 7.11 Å². The van der Waals surface area contributed by atoms with E-state index < -0.39 is 0 Å². The highest BCUT2D eigenvalue weighted by Gasteiger charge is 2.06. The molecule has 0 aliphatic carbocycles. The van der Waals surface area contributed by atoms with Crippen molar-refractivity contribution >= 4 is 5.97 Å². The molecule has 0 heterocycles. The van der Waals surface area contributed by atoms with Gasteiger partial charge in [0.1, 0.15) is 0 Å². The van der Waals surface area contributed by atoms with E-state index in [1.54, 1.807) is 0 Å². The molecule has 0 fully saturated rings. The molecule has 1 atom stereocenters. The fraction of sp³-hybridized carbons (Fsp3) is 0.786. The van der Waals surface area contributed by atoms with Crippen LogP contribution in [0.3, 0.4) is 0 Å². The van der Waals surface area contributed by atoms with Crippen molar-refractivity contribution < 1.29 is 9.53 Å². The largest absolute Gasteiger partial charge is 0.466 e. The lowest BCUT2D eigenvalue weighted by molar-refractivity contribution is -0.136. The minimum Gasteiger partial charge on any atom is -0.466 e. The third kappa shape index (κ3) is 7.97. The number of rotatable bonds is 9. The molecule has 0 aromatic carbocycles. The zero-order valence-electron chi connectivity index (χ0n) is 11.7. The molecule has 3 nitrogen and oxygen atoms in total. The highest BCUT2D eigenvalue weighted by Crippen LogP contribution is 2.04. The van der Waals surface area contributed by atoms with Gasteiger partial charge in [-0.3, -0.25) is 0 Å². The SMILES string of the molecule is CCCCCC(C)NC/C=C(/CC)C(=O)OC. The number of hydrogen-bond acceptors (Lipinski definition) is 3. The van der Waals surface area contributed by atoms with Crippen LogP contribution in [0, 0.1) is 0 Å². The van der Waals surface area contributed by atoms with Crippen LogP contribution in [-0.2, 0) is 9.53 Å². The number of methoxy groups -OCH3 is 1. The lowest BCUT2D eigenvalue weighted by Crippen LogP contribution is -2.26. The Balaban J connectivity index is 3.85. The number of ether oxygens (including phenoxy) is 1. The summed E-state index contributed by atoms with van der Waals surface area (Å²) in [5, 5.41) is 3.40. The molecule has 0 rings (SSSR count). The summed E-state index contributed by atoms with van der Waals surface area (Å²) in [6, 6.07) is 0.508. The number of nitrogens with one attached hydrogen (secondary N) is 1. The van der Waals surface area contributed by atoms with E-state index in [0.717, 1.165) is 18.5 Å². The molecule has 0 amide bonds. The van der Waals surface area contributed by atoms with E-state index in [1.165, 1.54) is 32.8 Å². The average Bonchev–Trinajstić information content (AvgIpc) is 2.34. The number of carbonyl (C=O) groups is 1. The maximum absolute atomic E-state index is 11.3. The first kappa shape index (κ1) is 16.2. The van der Waals surface area contributed by atoms with Crippen LogP contribution < -0.4 is 5.32 Å². The average molecular weight is 241 g/mol. The van der Waals surface area contributed by atoms with Crippen molar-refractivity contribution in [3.05, 3.63) is 11.6 Å². The lowest BCUT2D eigenvalue weighted by Gasteiger charge is -2.12. The van der Waals surface area contributed by atoms with Crippen molar-refractivity contribution in [1.29, 1.82) is 0 Å². The first-order chi connectivity index (χ1) is 8.15. The molecule has 1 unspecified atom stereocenters. The van der Waals surface area contributed by atoms with Crippen molar-refractivity contribution in [1.82, 2.24) is 5.32 Å². The summed E-state index contributed by atoms with van der Waals surface area (Å²) in [4.78, 5) is 11.3. The van der Waals surface area contributed by atoms with Gasteiger partial charge in [-0.05, 0) is 19.8 Å². The van der Waals surface area contributed by atoms with E-state index in [1.807, 2.05) is 13.0 Å². The Morgan fingerprint density at radius 2 is 2.06 bits per heavy atom. The monoisotopic (exact) mass is 241 g/mol. The molecule has 0 spiro atoms. The van der Waals surface area contributed by atoms with Gasteiger partial charge in [0.15, 0.2) is 0 Å². The van der Waals surface area contributed by atoms with Gasteiger partial charge in [-0.15, -0.1) is 0 Å². The van der Waals surface area contributed by atoms with Crippen molar-refractivity contribution in [2.24, 2.45) is 0 Å². The van der Waals surface area contributed by atoms with Crippen LogP contribution in [-0.4, -0.2) is 25.7 Å². The first-order valence-electron chi connectivity index (χ1n) is 6.66. The molecule has 17 heavy (non-hydrogen) atoms. The molecule has 0 aliphatic rings. The molecule has 0 aromatic rings. The second-order valence-corrected chi connectivity index (χ2v) is 4.38. The molecule has 0 saturated carbocycles. The van der Waals surface area contributed by atoms with E-state index in [9.17, 15) is 4.79 Å². The van der Waals surface area contributed by atoms with Crippen LogP contribution in [0.4, 0.5) is 0 Å². The van der Waals surface area contributed by atoms with Gasteiger partial charge >= 0.3 is 5.97 Å². The van der Waals surface area contributed by atoms with Gasteiger partial charge < -0.3 is 10.1 Å². The van der Waals surface area contributed by atoms with Gasteiger partial charge in [0.25, 0.3) is 0 Å². The fourth-order valence-corrected chi connectivity index (χ4v) is 1.69. The molecule has 0 bridgehead atoms. The Labute approximate surface area is 106 Å². The van der Waals surface area contributed by atoms with E-state index in [4.69, 9.17) is 4.74 Å². The normalized spacial score (nSPS) is 13.5. The van der Waals surface area contributed by atoms with Gasteiger partial charge in [-0.2, -0.15) is 0 Å². The van der Waals surface area contributed by atoms with Crippen molar-refractivity contribution in [3.8, 4) is 0 Å². The minimum absolute atomic E-state index is 0.215. The van der Waals surface area contributed by atoms with Gasteiger partial charge in [0.2, 0.25) is 0 Å². The third-order valence-electron chi connectivity index (χ3n) is 2.88. The number of esters is 1. The summed E-state index contributed by atoms with van der Waals surface area (Å²) in [5.74, 6) is -0.215. The van der Waals surface area contributed by atoms with Crippen LogP contribution >= 0.6 is 0 Å². The summed E-state index contributed by atoms with van der Waals surface area (Å²) >= 11 is 0. The van der Waals surface area contributed by atoms with Gasteiger partial charge in [0, 0.05) is 18.2 Å². The maximum Gasteiger partial charge on any atom is 0.333 e. The van der Waals surface area contributed by atoms with E-state index in [0.29, 0.717) is 6.04 Å². The fourth-order valence-electron chi connectivity index (χ4n) is 1.69. The van der Waals surface area contributed by atoms with E-state index >= 15 is 0 Å². The minimum atomic E-state index is -0.215. The molecule has 0 aromatic heterocycles. The van der Waals surface area contributed by atoms with Gasteiger partial charge in [-0.25, -0.2) is 4.79 Å². The molecular formula is C14H27NO2. The molecule has 1 N–H and O–H groups in total. The predicted octanol–water partition coefficient (Wildman–Crippen LogP) is 3.05. The summed E-state index contributed by atoms with van der Waals surface area (Å²) in [6.45, 7) is 7.11. The summed E-state index contributed by atoms with van der Waals surface area (Å²) in [7, 11) is 1.42. The van der Waals surface area contributed by atoms with Crippen LogP contribution in [0.2, 0.25) is 0 Å². The summed E-state index contributed by atoms with van der Waals surface area (Å²) in [5.41, 5.74) is 0.751. The van der Waals surface area contributed by atoms with Crippen LogP contribution in [0.15, 0.2) is 11.6 Å². The third-order valence-corrected chi connectivity index (χ3v) is 2.88. The van der Waals surface area contributed by atoms with Crippen LogP contribution in [0.25, 0.3) is 0 Å². The predicted molar refractivity (Wildman–Crippen MR) is 72.0 cm³/mol. The van der Waals surface area contributed by atoms with Crippen molar-refractivity contribution in [2.45, 2.75) is 58.9 Å². The first-order valence-corrected chi connectivity index (χ1v) is 6.66. The molecular weight excluding hydrogens is 214 g/mol. The second-order valence-electron chi connectivity index (χ2n) is 4.38. The zero-order valence-corrected chi connectivity index (χ0v) is 11.7. The lowest BCUT2D eigenvalue weighted by atomic mass is 10.1.